The van der Waals surface area contributed by atoms with E-state index in [0.717, 1.165) is 38.5 Å². The first-order valence-electron chi connectivity index (χ1n) is 16.5. The average Bonchev–Trinajstić information content (AvgIpc) is 2.90. The number of hydrogen-bond acceptors (Lipinski definition) is 5. The highest BCUT2D eigenvalue weighted by Gasteiger charge is 2.37. The van der Waals surface area contributed by atoms with Gasteiger partial charge >= 0.3 is 0 Å². The second kappa shape index (κ2) is 26.4. The third kappa shape index (κ3) is 20.2. The number of nitrogens with zero attached hydrogens (tertiary/aromatic N) is 1. The molecule has 0 aromatic heterocycles. The number of rotatable bonds is 29. The Bertz CT molecular complexity index is 551. The lowest BCUT2D eigenvalue weighted by Crippen LogP contribution is -2.47. The summed E-state index contributed by atoms with van der Waals surface area (Å²) in [7, 11) is 3.33. The number of unbranched alkanes of at least 4 members (excludes halogenated alkanes) is 20. The Morgan fingerprint density at radius 2 is 0.895 bits per heavy atom. The molecule has 0 aliphatic carbocycles. The Hall–Kier alpha value is -0.780. The molecule has 226 valence electrons. The third-order valence-electron chi connectivity index (χ3n) is 7.92. The molecule has 0 radical (unpaired) electrons. The Morgan fingerprint density at radius 3 is 1.26 bits per heavy atom. The fourth-order valence-corrected chi connectivity index (χ4v) is 5.24. The molecule has 0 fully saturated rings. The van der Waals surface area contributed by atoms with Crippen molar-refractivity contribution < 1.29 is 19.8 Å². The van der Waals surface area contributed by atoms with Gasteiger partial charge in [-0.1, -0.05) is 149 Å². The van der Waals surface area contributed by atoms with Crippen molar-refractivity contribution in [1.29, 1.82) is 0 Å². The minimum Gasteiger partial charge on any atom is -0.385 e. The van der Waals surface area contributed by atoms with Crippen molar-refractivity contribution in [2.75, 3.05) is 14.1 Å². The van der Waals surface area contributed by atoms with Gasteiger partial charge in [-0.15, -0.1) is 0 Å². The Balaban J connectivity index is 4.19. The lowest BCUT2D eigenvalue weighted by atomic mass is 9.88. The fraction of sp³-hybridized carbons (Fsp3) is 0.939. The van der Waals surface area contributed by atoms with Crippen LogP contribution in [0.3, 0.4) is 0 Å². The van der Waals surface area contributed by atoms with Crippen LogP contribution in [0.1, 0.15) is 168 Å². The van der Waals surface area contributed by atoms with Crippen LogP contribution < -0.4 is 0 Å². The van der Waals surface area contributed by atoms with Gasteiger partial charge in [0.25, 0.3) is 0 Å². The summed E-state index contributed by atoms with van der Waals surface area (Å²) < 4.78 is 0. The largest absolute Gasteiger partial charge is 0.385 e. The maximum Gasteiger partial charge on any atom is 0.175 e. The standard InChI is InChI=1S/C33H65NO4/c1-5-7-9-11-13-15-17-19-21-23-25-27-29(35)31(33(38)34(3)4)32(37)30(36)28-26-24-22-20-18-16-14-12-10-8-6-2/h30-31,33,36,38H,5-28H2,1-4H3. The highest BCUT2D eigenvalue weighted by Crippen LogP contribution is 2.20. The molecule has 0 saturated carbocycles. The normalized spacial score (nSPS) is 14.1. The number of aliphatic hydroxyl groups is 2. The Labute approximate surface area is 236 Å². The van der Waals surface area contributed by atoms with Crippen molar-refractivity contribution in [3.63, 3.8) is 0 Å². The van der Waals surface area contributed by atoms with E-state index in [4.69, 9.17) is 0 Å². The van der Waals surface area contributed by atoms with Crippen LogP contribution in [0.4, 0.5) is 0 Å². The van der Waals surface area contributed by atoms with Crippen molar-refractivity contribution in [2.45, 2.75) is 180 Å². The zero-order valence-electron chi connectivity index (χ0n) is 25.9. The highest BCUT2D eigenvalue weighted by molar-refractivity contribution is 6.04. The van der Waals surface area contributed by atoms with E-state index in [0.29, 0.717) is 12.8 Å². The molecule has 2 N–H and O–H groups in total. The van der Waals surface area contributed by atoms with Gasteiger partial charge in [0.1, 0.15) is 24.0 Å². The van der Waals surface area contributed by atoms with Crippen LogP contribution in [-0.4, -0.2) is 53.1 Å². The van der Waals surface area contributed by atoms with E-state index in [1.165, 1.54) is 108 Å². The third-order valence-corrected chi connectivity index (χ3v) is 7.92. The second-order valence-corrected chi connectivity index (χ2v) is 11.8. The lowest BCUT2D eigenvalue weighted by Gasteiger charge is -2.27. The van der Waals surface area contributed by atoms with Gasteiger partial charge in [-0.25, -0.2) is 0 Å². The summed E-state index contributed by atoms with van der Waals surface area (Å²) >= 11 is 0. The van der Waals surface area contributed by atoms with Crippen LogP contribution in [0.25, 0.3) is 0 Å². The number of Topliss-reactive ketones (excluding diaryl/α,β-unsaturated/α-hetero) is 2. The number of ketones is 2. The van der Waals surface area contributed by atoms with Gasteiger partial charge in [-0.05, 0) is 26.9 Å². The van der Waals surface area contributed by atoms with Crippen LogP contribution in [0, 0.1) is 5.92 Å². The molecular weight excluding hydrogens is 474 g/mol. The first-order chi connectivity index (χ1) is 18.4. The highest BCUT2D eigenvalue weighted by atomic mass is 16.3. The maximum absolute atomic E-state index is 13.0. The minimum atomic E-state index is -1.19. The number of carbonyl (C=O) groups is 2. The van der Waals surface area contributed by atoms with Gasteiger partial charge in [0.15, 0.2) is 5.78 Å². The van der Waals surface area contributed by atoms with Gasteiger partial charge in [0.05, 0.1) is 0 Å². The minimum absolute atomic E-state index is 0.231. The number of aliphatic hydroxyl groups excluding tert-OH is 2. The molecule has 38 heavy (non-hydrogen) atoms. The van der Waals surface area contributed by atoms with Gasteiger partial charge in [0.2, 0.25) is 0 Å². The molecule has 0 amide bonds. The van der Waals surface area contributed by atoms with E-state index in [9.17, 15) is 19.8 Å². The van der Waals surface area contributed by atoms with E-state index < -0.39 is 24.0 Å². The lowest BCUT2D eigenvalue weighted by molar-refractivity contribution is -0.148. The van der Waals surface area contributed by atoms with E-state index in [-0.39, 0.29) is 5.78 Å². The molecule has 0 spiro atoms. The van der Waals surface area contributed by atoms with Crippen molar-refractivity contribution in [1.82, 2.24) is 4.90 Å². The quantitative estimate of drug-likeness (QED) is 0.0567. The van der Waals surface area contributed by atoms with Crippen LogP contribution in [0.15, 0.2) is 0 Å². The molecule has 0 bridgehead atoms. The van der Waals surface area contributed by atoms with E-state index in [1.807, 2.05) is 0 Å². The summed E-state index contributed by atoms with van der Waals surface area (Å²) in [6.45, 7) is 4.49. The second-order valence-electron chi connectivity index (χ2n) is 11.8. The first-order valence-corrected chi connectivity index (χ1v) is 16.5. The summed E-state index contributed by atoms with van der Waals surface area (Å²) in [6.07, 6.45) is 24.9. The first kappa shape index (κ1) is 37.2. The number of carbonyl (C=O) groups excluding carboxylic acids is 2. The molecule has 5 heteroatoms. The Morgan fingerprint density at radius 1 is 0.553 bits per heavy atom. The molecule has 3 unspecified atom stereocenters. The summed E-state index contributed by atoms with van der Waals surface area (Å²) in [5.41, 5.74) is 0. The molecule has 5 nitrogen and oxygen atoms in total. The SMILES string of the molecule is CCCCCCCCCCCCCC(=O)C(C(=O)C(O)CCCCCCCCCCCCC)C(O)N(C)C. The summed E-state index contributed by atoms with van der Waals surface area (Å²) in [4.78, 5) is 27.4. The molecule has 0 aromatic rings. The molecule has 0 heterocycles. The molecule has 0 aliphatic rings. The molecule has 0 aromatic carbocycles. The molecule has 3 atom stereocenters. The van der Waals surface area contributed by atoms with E-state index in [1.54, 1.807) is 14.1 Å². The van der Waals surface area contributed by atoms with Crippen molar-refractivity contribution in [3.05, 3.63) is 0 Å². The molecular formula is C33H65NO4. The molecule has 0 rings (SSSR count). The van der Waals surface area contributed by atoms with Gasteiger partial charge < -0.3 is 10.2 Å². The zero-order chi connectivity index (χ0) is 28.4. The van der Waals surface area contributed by atoms with Gasteiger partial charge in [-0.3, -0.25) is 14.5 Å². The topological polar surface area (TPSA) is 77.8 Å². The summed E-state index contributed by atoms with van der Waals surface area (Å²) in [6, 6.07) is 0. The average molecular weight is 540 g/mol. The van der Waals surface area contributed by atoms with Crippen LogP contribution >= 0.6 is 0 Å². The van der Waals surface area contributed by atoms with Crippen LogP contribution in [0.5, 0.6) is 0 Å². The molecule has 0 saturated heterocycles. The summed E-state index contributed by atoms with van der Waals surface area (Å²) in [5, 5.41) is 21.1. The smallest absolute Gasteiger partial charge is 0.175 e. The predicted octanol–water partition coefficient (Wildman–Crippen LogP) is 8.38. The maximum atomic E-state index is 13.0. The fourth-order valence-electron chi connectivity index (χ4n) is 5.24. The summed E-state index contributed by atoms with van der Waals surface area (Å²) in [5.74, 6) is -1.90. The van der Waals surface area contributed by atoms with Crippen molar-refractivity contribution in [3.8, 4) is 0 Å². The van der Waals surface area contributed by atoms with Crippen LogP contribution in [0.2, 0.25) is 0 Å². The van der Waals surface area contributed by atoms with Gasteiger partial charge in [0, 0.05) is 6.42 Å². The van der Waals surface area contributed by atoms with E-state index in [2.05, 4.69) is 13.8 Å². The van der Waals surface area contributed by atoms with Gasteiger partial charge in [-0.2, -0.15) is 0 Å². The monoisotopic (exact) mass is 539 g/mol. The van der Waals surface area contributed by atoms with Crippen LogP contribution in [-0.2, 0) is 9.59 Å². The zero-order valence-corrected chi connectivity index (χ0v) is 25.9. The van der Waals surface area contributed by atoms with Crippen molar-refractivity contribution in [2.24, 2.45) is 5.92 Å². The Kier molecular flexibility index (Phi) is 25.9. The molecule has 0 aliphatic heterocycles. The predicted molar refractivity (Wildman–Crippen MR) is 161 cm³/mol. The number of hydrogen-bond donors (Lipinski definition) is 2. The van der Waals surface area contributed by atoms with E-state index >= 15 is 0 Å². The van der Waals surface area contributed by atoms with Crippen molar-refractivity contribution >= 4 is 11.6 Å².